The first-order valence-corrected chi connectivity index (χ1v) is 5.76. The van der Waals surface area contributed by atoms with Crippen LogP contribution in [0.25, 0.3) is 0 Å². The summed E-state index contributed by atoms with van der Waals surface area (Å²) in [6, 6.07) is 6.15. The standard InChI is InChI=1S/C13H20N2O2/c1-8(2)12(14)13(17)15-9(3)10-5-4-6-11(16)7-10/h4-9,12,16H,14H2,1-3H3,(H,15,17)/t9?,12-/m1/s1. The number of carbonyl (C=O) groups is 1. The number of nitrogens with two attached hydrogens (primary N) is 1. The quantitative estimate of drug-likeness (QED) is 0.742. The Morgan fingerprint density at radius 3 is 2.53 bits per heavy atom. The Hall–Kier alpha value is -1.55. The predicted octanol–water partition coefficient (Wildman–Crippen LogP) is 1.55. The van der Waals surface area contributed by atoms with Crippen LogP contribution in [0.15, 0.2) is 24.3 Å². The molecule has 0 radical (unpaired) electrons. The van der Waals surface area contributed by atoms with Crippen molar-refractivity contribution in [1.29, 1.82) is 0 Å². The summed E-state index contributed by atoms with van der Waals surface area (Å²) in [5.41, 5.74) is 6.61. The van der Waals surface area contributed by atoms with Gasteiger partial charge in [0.05, 0.1) is 12.1 Å². The van der Waals surface area contributed by atoms with E-state index in [0.29, 0.717) is 0 Å². The van der Waals surface area contributed by atoms with Crippen molar-refractivity contribution in [3.05, 3.63) is 29.8 Å². The summed E-state index contributed by atoms with van der Waals surface area (Å²) in [5.74, 6) is 0.124. The van der Waals surface area contributed by atoms with Crippen molar-refractivity contribution in [2.45, 2.75) is 32.9 Å². The Morgan fingerprint density at radius 2 is 2.00 bits per heavy atom. The largest absolute Gasteiger partial charge is 0.508 e. The lowest BCUT2D eigenvalue weighted by Crippen LogP contribution is -2.44. The molecular formula is C13H20N2O2. The highest BCUT2D eigenvalue weighted by atomic mass is 16.3. The molecule has 4 N–H and O–H groups in total. The molecule has 1 aromatic carbocycles. The van der Waals surface area contributed by atoms with E-state index in [9.17, 15) is 9.90 Å². The van der Waals surface area contributed by atoms with Crippen LogP contribution in [0.2, 0.25) is 0 Å². The maximum Gasteiger partial charge on any atom is 0.237 e. The normalized spacial score (nSPS) is 14.4. The molecule has 0 bridgehead atoms. The molecule has 1 aromatic rings. The van der Waals surface area contributed by atoms with Crippen LogP contribution in [-0.2, 0) is 4.79 Å². The Kier molecular flexibility index (Phi) is 4.52. The second-order valence-corrected chi connectivity index (χ2v) is 4.60. The number of rotatable bonds is 4. The van der Waals surface area contributed by atoms with Crippen molar-refractivity contribution in [3.8, 4) is 5.75 Å². The number of nitrogens with one attached hydrogen (secondary N) is 1. The van der Waals surface area contributed by atoms with Gasteiger partial charge >= 0.3 is 0 Å². The number of phenolic OH excluding ortho intramolecular Hbond substituents is 1. The summed E-state index contributed by atoms with van der Waals surface area (Å²) >= 11 is 0. The van der Waals surface area contributed by atoms with Gasteiger partial charge in [0.1, 0.15) is 5.75 Å². The average molecular weight is 236 g/mol. The third kappa shape index (κ3) is 3.75. The molecule has 1 rings (SSSR count). The zero-order valence-corrected chi connectivity index (χ0v) is 10.5. The van der Waals surface area contributed by atoms with Gasteiger partial charge in [-0.1, -0.05) is 26.0 Å². The summed E-state index contributed by atoms with van der Waals surface area (Å²) in [7, 11) is 0. The first kappa shape index (κ1) is 13.5. The lowest BCUT2D eigenvalue weighted by atomic mass is 10.0. The third-order valence-corrected chi connectivity index (χ3v) is 2.75. The van der Waals surface area contributed by atoms with Crippen LogP contribution in [0.4, 0.5) is 0 Å². The molecule has 0 aliphatic carbocycles. The van der Waals surface area contributed by atoms with Crippen LogP contribution in [0.3, 0.4) is 0 Å². The van der Waals surface area contributed by atoms with E-state index in [4.69, 9.17) is 5.73 Å². The number of phenols is 1. The molecule has 0 aliphatic rings. The number of benzene rings is 1. The van der Waals surface area contributed by atoms with Gasteiger partial charge in [-0.15, -0.1) is 0 Å². The van der Waals surface area contributed by atoms with Gasteiger partial charge in [-0.25, -0.2) is 0 Å². The number of hydrogen-bond acceptors (Lipinski definition) is 3. The van der Waals surface area contributed by atoms with E-state index in [2.05, 4.69) is 5.32 Å². The van der Waals surface area contributed by atoms with Gasteiger partial charge in [0.25, 0.3) is 0 Å². The third-order valence-electron chi connectivity index (χ3n) is 2.75. The molecule has 1 unspecified atom stereocenters. The van der Waals surface area contributed by atoms with E-state index < -0.39 is 6.04 Å². The molecule has 0 spiro atoms. The summed E-state index contributed by atoms with van der Waals surface area (Å²) in [4.78, 5) is 11.8. The highest BCUT2D eigenvalue weighted by molar-refractivity contribution is 5.82. The van der Waals surface area contributed by atoms with Gasteiger partial charge in [-0.3, -0.25) is 4.79 Å². The Balaban J connectivity index is 2.66. The summed E-state index contributed by atoms with van der Waals surface area (Å²) in [6.45, 7) is 5.67. The molecule has 0 saturated carbocycles. The number of amides is 1. The van der Waals surface area contributed by atoms with Gasteiger partial charge in [-0.05, 0) is 30.5 Å². The van der Waals surface area contributed by atoms with E-state index in [-0.39, 0.29) is 23.6 Å². The first-order chi connectivity index (χ1) is 7.91. The van der Waals surface area contributed by atoms with Crippen molar-refractivity contribution < 1.29 is 9.90 Å². The van der Waals surface area contributed by atoms with E-state index in [0.717, 1.165) is 5.56 Å². The van der Waals surface area contributed by atoms with Gasteiger partial charge in [0.2, 0.25) is 5.91 Å². The molecule has 0 aromatic heterocycles. The topological polar surface area (TPSA) is 75.4 Å². The summed E-state index contributed by atoms with van der Waals surface area (Å²) in [5, 5.41) is 12.2. The SMILES string of the molecule is CC(NC(=O)[C@H](N)C(C)C)c1cccc(O)c1. The molecule has 4 heteroatoms. The van der Waals surface area contributed by atoms with Gasteiger partial charge < -0.3 is 16.2 Å². The molecular weight excluding hydrogens is 216 g/mol. The zero-order valence-electron chi connectivity index (χ0n) is 10.5. The van der Waals surface area contributed by atoms with Crippen LogP contribution >= 0.6 is 0 Å². The first-order valence-electron chi connectivity index (χ1n) is 5.76. The minimum atomic E-state index is -0.505. The molecule has 0 saturated heterocycles. The fourth-order valence-corrected chi connectivity index (χ4v) is 1.49. The van der Waals surface area contributed by atoms with E-state index in [1.54, 1.807) is 18.2 Å². The molecule has 0 fully saturated rings. The Morgan fingerprint density at radius 1 is 1.35 bits per heavy atom. The Labute approximate surface area is 102 Å². The van der Waals surface area contributed by atoms with Crippen LogP contribution in [-0.4, -0.2) is 17.1 Å². The molecule has 0 aliphatic heterocycles. The smallest absolute Gasteiger partial charge is 0.237 e. The van der Waals surface area contributed by atoms with Crippen LogP contribution in [0.5, 0.6) is 5.75 Å². The van der Waals surface area contributed by atoms with Crippen LogP contribution in [0.1, 0.15) is 32.4 Å². The Bertz CT molecular complexity index is 391. The highest BCUT2D eigenvalue weighted by Gasteiger charge is 2.19. The van der Waals surface area contributed by atoms with E-state index in [1.807, 2.05) is 26.8 Å². The van der Waals surface area contributed by atoms with Gasteiger partial charge in [0.15, 0.2) is 0 Å². The van der Waals surface area contributed by atoms with Gasteiger partial charge in [0, 0.05) is 0 Å². The maximum atomic E-state index is 11.8. The summed E-state index contributed by atoms with van der Waals surface area (Å²) < 4.78 is 0. The molecule has 0 heterocycles. The average Bonchev–Trinajstić information content (AvgIpc) is 2.27. The molecule has 94 valence electrons. The monoisotopic (exact) mass is 236 g/mol. The lowest BCUT2D eigenvalue weighted by Gasteiger charge is -2.20. The van der Waals surface area contributed by atoms with Crippen molar-refractivity contribution >= 4 is 5.91 Å². The minimum Gasteiger partial charge on any atom is -0.508 e. The summed E-state index contributed by atoms with van der Waals surface area (Å²) in [6.07, 6.45) is 0. The van der Waals surface area contributed by atoms with Crippen molar-refractivity contribution in [1.82, 2.24) is 5.32 Å². The van der Waals surface area contributed by atoms with E-state index in [1.165, 1.54) is 0 Å². The zero-order chi connectivity index (χ0) is 13.0. The number of aromatic hydroxyl groups is 1. The fourth-order valence-electron chi connectivity index (χ4n) is 1.49. The maximum absolute atomic E-state index is 11.8. The molecule has 17 heavy (non-hydrogen) atoms. The minimum absolute atomic E-state index is 0.103. The lowest BCUT2D eigenvalue weighted by molar-refractivity contribution is -0.123. The van der Waals surface area contributed by atoms with Gasteiger partial charge in [-0.2, -0.15) is 0 Å². The number of carbonyl (C=O) groups excluding carboxylic acids is 1. The van der Waals surface area contributed by atoms with Crippen molar-refractivity contribution in [2.24, 2.45) is 11.7 Å². The molecule has 2 atom stereocenters. The van der Waals surface area contributed by atoms with Crippen molar-refractivity contribution in [2.75, 3.05) is 0 Å². The number of hydrogen-bond donors (Lipinski definition) is 3. The van der Waals surface area contributed by atoms with E-state index >= 15 is 0 Å². The predicted molar refractivity (Wildman–Crippen MR) is 67.5 cm³/mol. The second kappa shape index (κ2) is 5.68. The van der Waals surface area contributed by atoms with Crippen LogP contribution < -0.4 is 11.1 Å². The second-order valence-electron chi connectivity index (χ2n) is 4.60. The molecule has 4 nitrogen and oxygen atoms in total. The fraction of sp³-hybridized carbons (Fsp3) is 0.462. The highest BCUT2D eigenvalue weighted by Crippen LogP contribution is 2.17. The van der Waals surface area contributed by atoms with Crippen molar-refractivity contribution in [3.63, 3.8) is 0 Å². The molecule has 1 amide bonds. The van der Waals surface area contributed by atoms with Crippen LogP contribution in [0, 0.1) is 5.92 Å².